The van der Waals surface area contributed by atoms with Gasteiger partial charge in [0.25, 0.3) is 0 Å². The first-order valence-corrected chi connectivity index (χ1v) is 11.7. The smallest absolute Gasteiger partial charge is 0.327 e. The van der Waals surface area contributed by atoms with Crippen LogP contribution in [0, 0.1) is 0 Å². The molecule has 3 unspecified atom stereocenters. The minimum atomic E-state index is -5.09. The third-order valence-corrected chi connectivity index (χ3v) is 6.25. The molecule has 0 amide bonds. The summed E-state index contributed by atoms with van der Waals surface area (Å²) in [5.74, 6) is -1.02. The van der Waals surface area contributed by atoms with Crippen molar-refractivity contribution >= 4 is 0 Å². The van der Waals surface area contributed by atoms with Crippen molar-refractivity contribution in [2.45, 2.75) is 81.7 Å². The Morgan fingerprint density at radius 3 is 1.23 bits per heavy atom. The molecule has 0 bridgehead atoms. The molecule has 0 saturated heterocycles. The van der Waals surface area contributed by atoms with Gasteiger partial charge >= 0.3 is 24.7 Å². The highest BCUT2D eigenvalue weighted by Crippen LogP contribution is 2.41. The highest BCUT2D eigenvalue weighted by molar-refractivity contribution is 5.37. The lowest BCUT2D eigenvalue weighted by atomic mass is 9.83. The summed E-state index contributed by atoms with van der Waals surface area (Å²) < 4.78 is 159. The van der Waals surface area contributed by atoms with E-state index in [-0.39, 0.29) is 43.4 Å². The van der Waals surface area contributed by atoms with Crippen LogP contribution in [0.25, 0.3) is 0 Å². The predicted molar refractivity (Wildman–Crippen MR) is 119 cm³/mol. The Morgan fingerprint density at radius 1 is 0.538 bits per heavy atom. The summed E-state index contributed by atoms with van der Waals surface area (Å²) in [5, 5.41) is 0. The molecule has 3 atom stereocenters. The summed E-state index contributed by atoms with van der Waals surface area (Å²) in [6.07, 6.45) is -20.0. The van der Waals surface area contributed by atoms with Crippen molar-refractivity contribution in [1.29, 1.82) is 0 Å². The largest absolute Gasteiger partial charge is 0.416 e. The van der Waals surface area contributed by atoms with Crippen molar-refractivity contribution in [2.24, 2.45) is 11.5 Å². The van der Waals surface area contributed by atoms with Crippen LogP contribution in [0.15, 0.2) is 36.4 Å². The molecule has 220 valence electrons. The van der Waals surface area contributed by atoms with Gasteiger partial charge in [-0.2, -0.15) is 52.7 Å². The van der Waals surface area contributed by atoms with E-state index in [1.165, 1.54) is 0 Å². The number of alkyl halides is 12. The second-order valence-corrected chi connectivity index (χ2v) is 9.27. The molecule has 2 nitrogen and oxygen atoms in total. The van der Waals surface area contributed by atoms with Gasteiger partial charge in [0.05, 0.1) is 22.3 Å². The normalized spacial score (nSPS) is 15.8. The number of rotatable bonds is 9. The van der Waals surface area contributed by atoms with E-state index in [0.29, 0.717) is 30.7 Å². The Balaban J connectivity index is 2.38. The highest BCUT2D eigenvalue weighted by Gasteiger charge is 2.39. The van der Waals surface area contributed by atoms with Crippen LogP contribution in [-0.4, -0.2) is 6.04 Å². The maximum Gasteiger partial charge on any atom is 0.416 e. The van der Waals surface area contributed by atoms with Crippen molar-refractivity contribution in [2.75, 3.05) is 0 Å². The van der Waals surface area contributed by atoms with Crippen LogP contribution in [0.2, 0.25) is 0 Å². The van der Waals surface area contributed by atoms with Crippen molar-refractivity contribution < 1.29 is 52.7 Å². The zero-order valence-electron chi connectivity index (χ0n) is 20.4. The first-order valence-electron chi connectivity index (χ1n) is 11.7. The van der Waals surface area contributed by atoms with Crippen molar-refractivity contribution in [3.8, 4) is 0 Å². The molecule has 39 heavy (non-hydrogen) atoms. The molecule has 0 saturated carbocycles. The molecule has 0 fully saturated rings. The summed E-state index contributed by atoms with van der Waals surface area (Å²) in [6, 6.07) is -0.194. The molecule has 0 aliphatic rings. The van der Waals surface area contributed by atoms with Gasteiger partial charge in [-0.25, -0.2) is 0 Å². The molecule has 2 aromatic carbocycles. The van der Waals surface area contributed by atoms with Gasteiger partial charge in [-0.1, -0.05) is 19.8 Å². The van der Waals surface area contributed by atoms with Gasteiger partial charge in [0.2, 0.25) is 0 Å². The summed E-state index contributed by atoms with van der Waals surface area (Å²) in [6.45, 7) is 1.70. The van der Waals surface area contributed by atoms with Crippen molar-refractivity contribution in [3.63, 3.8) is 0 Å². The molecule has 0 spiro atoms. The third-order valence-electron chi connectivity index (χ3n) is 6.25. The maximum atomic E-state index is 13.4. The molecule has 14 heteroatoms. The van der Waals surface area contributed by atoms with E-state index in [2.05, 4.69) is 0 Å². The fourth-order valence-electron chi connectivity index (χ4n) is 4.27. The molecule has 4 N–H and O–H groups in total. The Morgan fingerprint density at radius 2 is 0.897 bits per heavy atom. The van der Waals surface area contributed by atoms with Crippen molar-refractivity contribution in [3.05, 3.63) is 69.8 Å². The third kappa shape index (κ3) is 9.02. The zero-order valence-corrected chi connectivity index (χ0v) is 20.4. The summed E-state index contributed by atoms with van der Waals surface area (Å²) in [7, 11) is 0. The fourth-order valence-corrected chi connectivity index (χ4v) is 4.27. The molecule has 2 aromatic rings. The lowest BCUT2D eigenvalue weighted by molar-refractivity contribution is -0.144. The van der Waals surface area contributed by atoms with Crippen LogP contribution in [0.5, 0.6) is 0 Å². The quantitative estimate of drug-likeness (QED) is 0.290. The van der Waals surface area contributed by atoms with Crippen LogP contribution in [0.4, 0.5) is 52.7 Å². The van der Waals surface area contributed by atoms with Crippen LogP contribution in [-0.2, 0) is 24.7 Å². The molecule has 0 heterocycles. The van der Waals surface area contributed by atoms with E-state index in [9.17, 15) is 52.7 Å². The Bertz CT molecular complexity index is 1040. The monoisotopic (exact) mass is 582 g/mol. The van der Waals surface area contributed by atoms with E-state index in [1.54, 1.807) is 6.92 Å². The molecule has 0 aromatic heterocycles. The Hall–Kier alpha value is -2.48. The molecule has 0 aliphatic carbocycles. The van der Waals surface area contributed by atoms with Crippen LogP contribution < -0.4 is 11.5 Å². The SMILES string of the molecule is CCCC(N)C(CCCC(N)c1cc(C(F)(F)F)cc(C(F)(F)F)c1)c1cc(C(F)(F)F)cc(C(F)(F)F)c1. The van der Waals surface area contributed by atoms with Gasteiger partial charge in [-0.05, 0) is 72.7 Å². The van der Waals surface area contributed by atoms with Gasteiger partial charge in [-0.15, -0.1) is 0 Å². The van der Waals surface area contributed by atoms with Crippen LogP contribution in [0.1, 0.15) is 84.4 Å². The minimum absolute atomic E-state index is 0.0201. The standard InChI is InChI=1S/C25H26F12N2/c1-2-4-21(39)19(13-7-15(22(26,27)28)11-16(8-13)23(29,30)31)5-3-6-20(38)14-9-17(24(32,33)34)12-18(10-14)25(35,36)37/h7-12,19-21H,2-6,38-39H2,1H3. The van der Waals surface area contributed by atoms with Gasteiger partial charge in [-0.3, -0.25) is 0 Å². The number of nitrogens with two attached hydrogens (primary N) is 2. The Kier molecular flexibility index (Phi) is 10.0. The molecular formula is C25H26F12N2. The van der Waals surface area contributed by atoms with Crippen LogP contribution in [0.3, 0.4) is 0 Å². The van der Waals surface area contributed by atoms with Crippen LogP contribution >= 0.6 is 0 Å². The molecular weight excluding hydrogens is 556 g/mol. The zero-order chi connectivity index (χ0) is 30.0. The first-order chi connectivity index (χ1) is 17.6. The van der Waals surface area contributed by atoms with Crippen molar-refractivity contribution in [1.82, 2.24) is 0 Å². The lowest BCUT2D eigenvalue weighted by Gasteiger charge is -2.27. The number of hydrogen-bond acceptors (Lipinski definition) is 2. The first kappa shape index (κ1) is 32.7. The van der Waals surface area contributed by atoms with E-state index >= 15 is 0 Å². The van der Waals surface area contributed by atoms with E-state index in [4.69, 9.17) is 11.5 Å². The number of benzene rings is 2. The molecule has 2 rings (SSSR count). The van der Waals surface area contributed by atoms with Gasteiger partial charge in [0, 0.05) is 12.1 Å². The summed E-state index contributed by atoms with van der Waals surface area (Å²) in [4.78, 5) is 0. The number of halogens is 12. The second-order valence-electron chi connectivity index (χ2n) is 9.27. The van der Waals surface area contributed by atoms with Gasteiger partial charge < -0.3 is 11.5 Å². The maximum absolute atomic E-state index is 13.4. The average molecular weight is 582 g/mol. The molecule has 0 radical (unpaired) electrons. The highest BCUT2D eigenvalue weighted by atomic mass is 19.4. The second kappa shape index (κ2) is 11.9. The predicted octanol–water partition coefficient (Wildman–Crippen LogP) is 8.84. The number of hydrogen-bond donors (Lipinski definition) is 2. The molecule has 0 aliphatic heterocycles. The van der Waals surface area contributed by atoms with Gasteiger partial charge in [0.15, 0.2) is 0 Å². The lowest BCUT2D eigenvalue weighted by Crippen LogP contribution is -2.29. The summed E-state index contributed by atoms with van der Waals surface area (Å²) >= 11 is 0. The Labute approximate surface area is 216 Å². The van der Waals surface area contributed by atoms with E-state index in [0.717, 1.165) is 0 Å². The van der Waals surface area contributed by atoms with E-state index in [1.807, 2.05) is 0 Å². The average Bonchev–Trinajstić information content (AvgIpc) is 2.79. The minimum Gasteiger partial charge on any atom is -0.327 e. The fraction of sp³-hybridized carbons (Fsp3) is 0.520. The van der Waals surface area contributed by atoms with Gasteiger partial charge in [0.1, 0.15) is 0 Å². The summed E-state index contributed by atoms with van der Waals surface area (Å²) in [5.41, 5.74) is 5.01. The van der Waals surface area contributed by atoms with E-state index < -0.39 is 70.5 Å². The topological polar surface area (TPSA) is 52.0 Å².